The SMILES string of the molecule is CC[C@@H]1C[C@@H](S(=O)(=O)c2ccc(Cl)cc2)c2c(F)ccc(F)c2O1. The lowest BCUT2D eigenvalue weighted by Gasteiger charge is -2.32. The summed E-state index contributed by atoms with van der Waals surface area (Å²) in [5.41, 5.74) is -0.241. The lowest BCUT2D eigenvalue weighted by atomic mass is 9.99. The second-order valence-electron chi connectivity index (χ2n) is 5.64. The van der Waals surface area contributed by atoms with Crippen LogP contribution in [0, 0.1) is 11.6 Å². The molecule has 2 atom stereocenters. The van der Waals surface area contributed by atoms with Gasteiger partial charge in [0.2, 0.25) is 0 Å². The Kier molecular flexibility index (Phi) is 4.53. The molecular weight excluding hydrogens is 358 g/mol. The summed E-state index contributed by atoms with van der Waals surface area (Å²) < 4.78 is 59.9. The van der Waals surface area contributed by atoms with Crippen LogP contribution in [0.1, 0.15) is 30.6 Å². The third-order valence-corrected chi connectivity index (χ3v) is 6.51. The standard InChI is InChI=1S/C17H15ClF2O3S/c1-2-11-9-15(16-13(19)7-8-14(20)17(16)23-11)24(21,22)12-5-3-10(18)4-6-12/h3-8,11,15H,2,9H2,1H3/t11-,15-/m1/s1. The van der Waals surface area contributed by atoms with Gasteiger partial charge in [0.25, 0.3) is 0 Å². The minimum atomic E-state index is -3.92. The van der Waals surface area contributed by atoms with E-state index in [2.05, 4.69) is 0 Å². The Bertz CT molecular complexity index is 866. The molecule has 0 N–H and O–H groups in total. The molecule has 2 aromatic carbocycles. The van der Waals surface area contributed by atoms with Gasteiger partial charge in [0, 0.05) is 11.4 Å². The molecule has 3 rings (SSSR count). The van der Waals surface area contributed by atoms with Crippen molar-refractivity contribution in [1.82, 2.24) is 0 Å². The van der Waals surface area contributed by atoms with Crippen molar-refractivity contribution in [2.24, 2.45) is 0 Å². The number of sulfone groups is 1. The van der Waals surface area contributed by atoms with Crippen LogP contribution in [0.5, 0.6) is 5.75 Å². The van der Waals surface area contributed by atoms with Gasteiger partial charge in [0.05, 0.1) is 10.5 Å². The predicted octanol–water partition coefficient (Wildman–Crippen LogP) is 4.69. The van der Waals surface area contributed by atoms with E-state index in [0.29, 0.717) is 11.4 Å². The molecule has 0 spiro atoms. The van der Waals surface area contributed by atoms with Gasteiger partial charge in [-0.1, -0.05) is 18.5 Å². The molecule has 7 heteroatoms. The minimum absolute atomic E-state index is 0.0169. The predicted molar refractivity (Wildman–Crippen MR) is 87.1 cm³/mol. The van der Waals surface area contributed by atoms with Crippen molar-refractivity contribution in [2.45, 2.75) is 36.0 Å². The van der Waals surface area contributed by atoms with Gasteiger partial charge >= 0.3 is 0 Å². The summed E-state index contributed by atoms with van der Waals surface area (Å²) in [5.74, 6) is -1.86. The second kappa shape index (κ2) is 6.33. The maximum atomic E-state index is 14.3. The van der Waals surface area contributed by atoms with Crippen molar-refractivity contribution in [1.29, 1.82) is 0 Å². The van der Waals surface area contributed by atoms with E-state index in [1.165, 1.54) is 24.3 Å². The summed E-state index contributed by atoms with van der Waals surface area (Å²) in [7, 11) is -3.92. The second-order valence-corrected chi connectivity index (χ2v) is 8.21. The van der Waals surface area contributed by atoms with Gasteiger partial charge in [-0.3, -0.25) is 0 Å². The molecule has 0 fully saturated rings. The highest BCUT2D eigenvalue weighted by molar-refractivity contribution is 7.91. The van der Waals surface area contributed by atoms with Crippen molar-refractivity contribution >= 4 is 21.4 Å². The van der Waals surface area contributed by atoms with E-state index < -0.39 is 32.8 Å². The molecule has 0 saturated carbocycles. The van der Waals surface area contributed by atoms with Crippen molar-refractivity contribution < 1.29 is 21.9 Å². The molecule has 1 heterocycles. The first-order chi connectivity index (χ1) is 11.3. The normalized spacial score (nSPS) is 20.3. The number of hydrogen-bond donors (Lipinski definition) is 0. The number of fused-ring (bicyclic) bond motifs is 1. The lowest BCUT2D eigenvalue weighted by molar-refractivity contribution is 0.156. The molecule has 1 aliphatic heterocycles. The molecule has 0 aromatic heterocycles. The van der Waals surface area contributed by atoms with Crippen LogP contribution in [0.2, 0.25) is 5.02 Å². The number of ether oxygens (including phenoxy) is 1. The zero-order valence-electron chi connectivity index (χ0n) is 12.8. The zero-order valence-corrected chi connectivity index (χ0v) is 14.4. The monoisotopic (exact) mass is 372 g/mol. The first-order valence-electron chi connectivity index (χ1n) is 7.48. The van der Waals surface area contributed by atoms with E-state index in [4.69, 9.17) is 16.3 Å². The number of benzene rings is 2. The minimum Gasteiger partial charge on any atom is -0.487 e. The summed E-state index contributed by atoms with van der Waals surface area (Å²) in [6, 6.07) is 7.50. The van der Waals surface area contributed by atoms with Crippen LogP contribution >= 0.6 is 11.6 Å². The Morgan fingerprint density at radius 3 is 2.38 bits per heavy atom. The lowest BCUT2D eigenvalue weighted by Crippen LogP contribution is -2.30. The number of rotatable bonds is 3. The first-order valence-corrected chi connectivity index (χ1v) is 9.41. The van der Waals surface area contributed by atoms with Gasteiger partial charge < -0.3 is 4.74 Å². The Labute approximate surface area is 144 Å². The van der Waals surface area contributed by atoms with Crippen LogP contribution in [-0.4, -0.2) is 14.5 Å². The molecule has 128 valence electrons. The van der Waals surface area contributed by atoms with E-state index in [1.807, 2.05) is 0 Å². The summed E-state index contributed by atoms with van der Waals surface area (Å²) in [6.07, 6.45) is 0.0533. The van der Waals surface area contributed by atoms with Gasteiger partial charge in [0.15, 0.2) is 21.4 Å². The average molecular weight is 373 g/mol. The molecule has 3 nitrogen and oxygen atoms in total. The highest BCUT2D eigenvalue weighted by Gasteiger charge is 2.40. The average Bonchev–Trinajstić information content (AvgIpc) is 2.57. The summed E-state index contributed by atoms with van der Waals surface area (Å²) in [4.78, 5) is 0.0169. The van der Waals surface area contributed by atoms with Crippen molar-refractivity contribution in [3.05, 3.63) is 58.6 Å². The van der Waals surface area contributed by atoms with Crippen LogP contribution in [0.15, 0.2) is 41.3 Å². The molecular formula is C17H15ClF2O3S. The molecule has 1 aliphatic rings. The van der Waals surface area contributed by atoms with Gasteiger partial charge in [0.1, 0.15) is 17.2 Å². The number of hydrogen-bond acceptors (Lipinski definition) is 3. The molecule has 0 saturated heterocycles. The van der Waals surface area contributed by atoms with Crippen LogP contribution < -0.4 is 4.74 Å². The Hall–Kier alpha value is -1.66. The maximum absolute atomic E-state index is 14.3. The Morgan fingerprint density at radius 1 is 1.12 bits per heavy atom. The molecule has 24 heavy (non-hydrogen) atoms. The molecule has 0 radical (unpaired) electrons. The smallest absolute Gasteiger partial charge is 0.185 e. The third kappa shape index (κ3) is 2.89. The summed E-state index contributed by atoms with van der Waals surface area (Å²) in [6.45, 7) is 1.80. The van der Waals surface area contributed by atoms with E-state index >= 15 is 0 Å². The molecule has 2 aromatic rings. The van der Waals surface area contributed by atoms with Gasteiger partial charge in [-0.2, -0.15) is 0 Å². The number of halogens is 3. The van der Waals surface area contributed by atoms with E-state index in [0.717, 1.165) is 12.1 Å². The van der Waals surface area contributed by atoms with Crippen LogP contribution in [-0.2, 0) is 9.84 Å². The van der Waals surface area contributed by atoms with E-state index in [9.17, 15) is 17.2 Å². The van der Waals surface area contributed by atoms with Crippen LogP contribution in [0.25, 0.3) is 0 Å². The fraction of sp³-hybridized carbons (Fsp3) is 0.294. The quantitative estimate of drug-likeness (QED) is 0.784. The van der Waals surface area contributed by atoms with E-state index in [-0.39, 0.29) is 22.6 Å². The third-order valence-electron chi connectivity index (χ3n) is 4.15. The van der Waals surface area contributed by atoms with Crippen molar-refractivity contribution in [3.63, 3.8) is 0 Å². The highest BCUT2D eigenvalue weighted by atomic mass is 35.5. The van der Waals surface area contributed by atoms with Gasteiger partial charge in [-0.05, 0) is 42.8 Å². The van der Waals surface area contributed by atoms with Gasteiger partial charge in [-0.15, -0.1) is 0 Å². The van der Waals surface area contributed by atoms with Gasteiger partial charge in [-0.25, -0.2) is 17.2 Å². The molecule has 0 bridgehead atoms. The fourth-order valence-corrected chi connectivity index (χ4v) is 4.83. The Morgan fingerprint density at radius 2 is 1.75 bits per heavy atom. The topological polar surface area (TPSA) is 43.4 Å². The molecule has 0 amide bonds. The van der Waals surface area contributed by atoms with Crippen LogP contribution in [0.3, 0.4) is 0 Å². The van der Waals surface area contributed by atoms with Crippen LogP contribution in [0.4, 0.5) is 8.78 Å². The summed E-state index contributed by atoms with van der Waals surface area (Å²) in [5, 5.41) is -0.812. The van der Waals surface area contributed by atoms with Crippen molar-refractivity contribution in [2.75, 3.05) is 0 Å². The zero-order chi connectivity index (χ0) is 17.5. The highest BCUT2D eigenvalue weighted by Crippen LogP contribution is 2.45. The van der Waals surface area contributed by atoms with E-state index in [1.54, 1.807) is 6.92 Å². The summed E-state index contributed by atoms with van der Waals surface area (Å²) >= 11 is 5.80. The largest absolute Gasteiger partial charge is 0.487 e. The molecule has 0 aliphatic carbocycles. The van der Waals surface area contributed by atoms with Crippen molar-refractivity contribution in [3.8, 4) is 5.75 Å². The maximum Gasteiger partial charge on any atom is 0.185 e. The Balaban J connectivity index is 2.17. The first kappa shape index (κ1) is 17.2. The molecule has 0 unspecified atom stereocenters. The fourth-order valence-electron chi connectivity index (χ4n) is 2.86.